The van der Waals surface area contributed by atoms with Crippen LogP contribution in [0.4, 0.5) is 5.69 Å². The van der Waals surface area contributed by atoms with Crippen LogP contribution >= 0.6 is 0 Å². The second kappa shape index (κ2) is 10.6. The van der Waals surface area contributed by atoms with Crippen molar-refractivity contribution in [2.75, 3.05) is 26.1 Å². The SMILES string of the molecule is COc1ccc(OC)c(NC(=O)COC(=O)CCC(=O)c2ccc3c(c2)CCCC3)c1. The number of amides is 1. The molecule has 7 heteroatoms. The molecule has 0 fully saturated rings. The molecular weight excluding hydrogens is 398 g/mol. The number of benzene rings is 2. The van der Waals surface area contributed by atoms with Gasteiger partial charge < -0.3 is 19.5 Å². The van der Waals surface area contributed by atoms with Crippen LogP contribution in [0.25, 0.3) is 0 Å². The number of carbonyl (C=O) groups excluding carboxylic acids is 3. The number of nitrogens with one attached hydrogen (secondary N) is 1. The van der Waals surface area contributed by atoms with E-state index >= 15 is 0 Å². The van der Waals surface area contributed by atoms with E-state index in [4.69, 9.17) is 14.2 Å². The van der Waals surface area contributed by atoms with Gasteiger partial charge in [0.15, 0.2) is 12.4 Å². The Morgan fingerprint density at radius 2 is 1.68 bits per heavy atom. The number of Topliss-reactive ketones (excluding diaryl/α,β-unsaturated/α-hetero) is 1. The van der Waals surface area contributed by atoms with Gasteiger partial charge in [-0.25, -0.2) is 0 Å². The number of aryl methyl sites for hydroxylation is 2. The predicted octanol–water partition coefficient (Wildman–Crippen LogP) is 3.73. The maximum absolute atomic E-state index is 12.4. The lowest BCUT2D eigenvalue weighted by molar-refractivity contribution is -0.147. The van der Waals surface area contributed by atoms with E-state index in [1.807, 2.05) is 18.2 Å². The van der Waals surface area contributed by atoms with E-state index in [-0.39, 0.29) is 18.6 Å². The Balaban J connectivity index is 1.46. The van der Waals surface area contributed by atoms with Gasteiger partial charge in [-0.1, -0.05) is 12.1 Å². The van der Waals surface area contributed by atoms with Crippen LogP contribution < -0.4 is 14.8 Å². The molecule has 164 valence electrons. The van der Waals surface area contributed by atoms with Crippen molar-refractivity contribution < 1.29 is 28.6 Å². The number of ketones is 1. The van der Waals surface area contributed by atoms with Crippen LogP contribution in [0.2, 0.25) is 0 Å². The highest BCUT2D eigenvalue weighted by Gasteiger charge is 2.16. The first-order chi connectivity index (χ1) is 15.0. The average Bonchev–Trinajstić information content (AvgIpc) is 2.80. The van der Waals surface area contributed by atoms with Crippen LogP contribution in [0.15, 0.2) is 36.4 Å². The summed E-state index contributed by atoms with van der Waals surface area (Å²) in [5, 5.41) is 2.62. The van der Waals surface area contributed by atoms with Crippen molar-refractivity contribution in [2.24, 2.45) is 0 Å². The first kappa shape index (κ1) is 22.3. The van der Waals surface area contributed by atoms with E-state index in [0.29, 0.717) is 22.7 Å². The lowest BCUT2D eigenvalue weighted by Gasteiger charge is -2.16. The molecule has 1 aliphatic rings. The van der Waals surface area contributed by atoms with Gasteiger partial charge in [-0.05, 0) is 55.0 Å². The van der Waals surface area contributed by atoms with Gasteiger partial charge in [0.2, 0.25) is 0 Å². The molecule has 1 amide bonds. The van der Waals surface area contributed by atoms with E-state index in [1.165, 1.54) is 31.8 Å². The molecule has 0 saturated carbocycles. The molecule has 2 aromatic carbocycles. The number of fused-ring (bicyclic) bond motifs is 1. The number of ether oxygens (including phenoxy) is 3. The van der Waals surface area contributed by atoms with Crippen molar-refractivity contribution in [3.05, 3.63) is 53.1 Å². The third-order valence-electron chi connectivity index (χ3n) is 5.27. The Labute approximate surface area is 181 Å². The smallest absolute Gasteiger partial charge is 0.306 e. The lowest BCUT2D eigenvalue weighted by Crippen LogP contribution is -2.21. The minimum absolute atomic E-state index is 0.0446. The summed E-state index contributed by atoms with van der Waals surface area (Å²) in [4.78, 5) is 36.6. The molecule has 0 unspecified atom stereocenters. The molecule has 0 spiro atoms. The van der Waals surface area contributed by atoms with Gasteiger partial charge in [0, 0.05) is 18.1 Å². The fourth-order valence-electron chi connectivity index (χ4n) is 3.58. The summed E-state index contributed by atoms with van der Waals surface area (Å²) in [5.74, 6) is -0.208. The monoisotopic (exact) mass is 425 g/mol. The topological polar surface area (TPSA) is 90.9 Å². The number of esters is 1. The second-order valence-corrected chi connectivity index (χ2v) is 7.39. The van der Waals surface area contributed by atoms with Crippen molar-refractivity contribution in [2.45, 2.75) is 38.5 Å². The van der Waals surface area contributed by atoms with Crippen LogP contribution in [-0.4, -0.2) is 38.5 Å². The Hall–Kier alpha value is -3.35. The zero-order chi connectivity index (χ0) is 22.2. The van der Waals surface area contributed by atoms with Gasteiger partial charge in [-0.2, -0.15) is 0 Å². The number of methoxy groups -OCH3 is 2. The van der Waals surface area contributed by atoms with E-state index in [2.05, 4.69) is 5.32 Å². The van der Waals surface area contributed by atoms with Gasteiger partial charge >= 0.3 is 5.97 Å². The summed E-state index contributed by atoms with van der Waals surface area (Å²) >= 11 is 0. The molecular formula is C24H27NO6. The molecule has 0 saturated heterocycles. The van der Waals surface area contributed by atoms with Gasteiger partial charge in [0.1, 0.15) is 11.5 Å². The minimum atomic E-state index is -0.598. The molecule has 0 aliphatic heterocycles. The van der Waals surface area contributed by atoms with Gasteiger partial charge in [-0.15, -0.1) is 0 Å². The van der Waals surface area contributed by atoms with Crippen molar-refractivity contribution in [1.29, 1.82) is 0 Å². The number of hydrogen-bond acceptors (Lipinski definition) is 6. The number of rotatable bonds is 9. The zero-order valence-corrected chi connectivity index (χ0v) is 17.9. The minimum Gasteiger partial charge on any atom is -0.497 e. The quantitative estimate of drug-likeness (QED) is 0.486. The highest BCUT2D eigenvalue weighted by Crippen LogP contribution is 2.28. The molecule has 0 aromatic heterocycles. The molecule has 0 atom stereocenters. The van der Waals surface area contributed by atoms with Crippen LogP contribution in [0.5, 0.6) is 11.5 Å². The third kappa shape index (κ3) is 6.07. The van der Waals surface area contributed by atoms with Crippen LogP contribution in [-0.2, 0) is 27.2 Å². The fraction of sp³-hybridized carbons (Fsp3) is 0.375. The summed E-state index contributed by atoms with van der Waals surface area (Å²) in [5.41, 5.74) is 3.56. The van der Waals surface area contributed by atoms with Crippen molar-refractivity contribution in [3.63, 3.8) is 0 Å². The highest BCUT2D eigenvalue weighted by atomic mass is 16.5. The van der Waals surface area contributed by atoms with E-state index in [1.54, 1.807) is 18.2 Å². The Morgan fingerprint density at radius 1 is 0.903 bits per heavy atom. The van der Waals surface area contributed by atoms with E-state index in [0.717, 1.165) is 19.3 Å². The van der Waals surface area contributed by atoms with Crippen molar-refractivity contribution >= 4 is 23.3 Å². The Kier molecular flexibility index (Phi) is 7.65. The van der Waals surface area contributed by atoms with Gasteiger partial charge in [-0.3, -0.25) is 14.4 Å². The zero-order valence-electron chi connectivity index (χ0n) is 17.9. The largest absolute Gasteiger partial charge is 0.497 e. The normalized spacial score (nSPS) is 12.5. The molecule has 31 heavy (non-hydrogen) atoms. The summed E-state index contributed by atoms with van der Waals surface area (Å²) in [6, 6.07) is 10.7. The maximum Gasteiger partial charge on any atom is 0.306 e. The lowest BCUT2D eigenvalue weighted by atomic mass is 9.89. The average molecular weight is 425 g/mol. The Morgan fingerprint density at radius 3 is 2.42 bits per heavy atom. The summed E-state index contributed by atoms with van der Waals surface area (Å²) in [6.07, 6.45) is 4.34. The Bertz CT molecular complexity index is 969. The molecule has 7 nitrogen and oxygen atoms in total. The molecule has 0 heterocycles. The summed E-state index contributed by atoms with van der Waals surface area (Å²) in [7, 11) is 3.00. The van der Waals surface area contributed by atoms with Crippen LogP contribution in [0.3, 0.4) is 0 Å². The molecule has 0 radical (unpaired) electrons. The molecule has 1 N–H and O–H groups in total. The molecule has 0 bridgehead atoms. The number of anilines is 1. The van der Waals surface area contributed by atoms with Crippen LogP contribution in [0.1, 0.15) is 47.2 Å². The number of carbonyl (C=O) groups is 3. The highest BCUT2D eigenvalue weighted by molar-refractivity contribution is 5.98. The summed E-state index contributed by atoms with van der Waals surface area (Å²) < 4.78 is 15.3. The molecule has 3 rings (SSSR count). The predicted molar refractivity (Wildman–Crippen MR) is 116 cm³/mol. The van der Waals surface area contributed by atoms with Crippen molar-refractivity contribution in [3.8, 4) is 11.5 Å². The van der Waals surface area contributed by atoms with E-state index < -0.39 is 18.5 Å². The second-order valence-electron chi connectivity index (χ2n) is 7.39. The molecule has 2 aromatic rings. The molecule has 1 aliphatic carbocycles. The van der Waals surface area contributed by atoms with Crippen molar-refractivity contribution in [1.82, 2.24) is 0 Å². The first-order valence-corrected chi connectivity index (χ1v) is 10.3. The third-order valence-corrected chi connectivity index (χ3v) is 5.27. The van der Waals surface area contributed by atoms with Gasteiger partial charge in [0.25, 0.3) is 5.91 Å². The summed E-state index contributed by atoms with van der Waals surface area (Å²) in [6.45, 7) is -0.452. The maximum atomic E-state index is 12.4. The standard InChI is InChI=1S/C24H27NO6/c1-29-19-9-11-22(30-2)20(14-19)25-23(27)15-31-24(28)12-10-21(26)18-8-7-16-5-3-4-6-17(16)13-18/h7-9,11,13-14H,3-6,10,12,15H2,1-2H3,(H,25,27). The van der Waals surface area contributed by atoms with Gasteiger partial charge in [0.05, 0.1) is 26.3 Å². The fourth-order valence-corrected chi connectivity index (χ4v) is 3.58. The van der Waals surface area contributed by atoms with E-state index in [9.17, 15) is 14.4 Å². The van der Waals surface area contributed by atoms with Crippen LogP contribution in [0, 0.1) is 0 Å². The first-order valence-electron chi connectivity index (χ1n) is 10.3. The number of hydrogen-bond donors (Lipinski definition) is 1.